The summed E-state index contributed by atoms with van der Waals surface area (Å²) < 4.78 is 0. The molecule has 3 aliphatic rings. The molecule has 1 aliphatic carbocycles. The average molecular weight is 419 g/mol. The fraction of sp³-hybridized carbons (Fsp3) is 0.462. The van der Waals surface area contributed by atoms with Crippen molar-refractivity contribution in [3.63, 3.8) is 0 Å². The van der Waals surface area contributed by atoms with Crippen molar-refractivity contribution >= 4 is 17.5 Å². The first kappa shape index (κ1) is 20.3. The van der Waals surface area contributed by atoms with E-state index in [-0.39, 0.29) is 23.8 Å². The van der Waals surface area contributed by atoms with Crippen molar-refractivity contribution in [2.24, 2.45) is 11.8 Å². The maximum Gasteiger partial charge on any atom is 0.239 e. The summed E-state index contributed by atoms with van der Waals surface area (Å²) >= 11 is 0. The van der Waals surface area contributed by atoms with E-state index in [4.69, 9.17) is 0 Å². The van der Waals surface area contributed by atoms with E-state index in [1.54, 1.807) is 4.90 Å². The number of hydrogen-bond acceptors (Lipinski definition) is 3. The molecular formula is C26H30N2O3. The number of hydrogen-bond donors (Lipinski definition) is 1. The van der Waals surface area contributed by atoms with E-state index in [2.05, 4.69) is 0 Å². The lowest BCUT2D eigenvalue weighted by atomic mass is 9.66. The first-order chi connectivity index (χ1) is 15.1. The molecule has 5 rings (SSSR count). The van der Waals surface area contributed by atoms with Gasteiger partial charge >= 0.3 is 0 Å². The lowest BCUT2D eigenvalue weighted by molar-refractivity contribution is -0.159. The van der Waals surface area contributed by atoms with Gasteiger partial charge < -0.3 is 14.9 Å². The molecule has 0 spiro atoms. The van der Waals surface area contributed by atoms with Gasteiger partial charge in [-0.1, -0.05) is 61.4 Å². The minimum Gasteiger partial charge on any atom is -0.385 e. The standard InChI is InChI=1S/C26H30N2O3/c29-24-21(15-17-27(24)20-11-5-2-6-12-20)25(30)28-18-16-26(31,19-9-3-1-4-10-19)22-13-7-8-14-23(22)28/h1-6,9-12,21-23,31H,7-8,13-18H2/t21?,22-,23+,26?/m0/s1. The number of amides is 2. The topological polar surface area (TPSA) is 60.9 Å². The quantitative estimate of drug-likeness (QED) is 0.773. The number of carbonyl (C=O) groups is 2. The molecule has 4 atom stereocenters. The molecule has 2 aromatic rings. The number of piperidine rings is 1. The number of carbonyl (C=O) groups excluding carboxylic acids is 2. The fourth-order valence-corrected chi connectivity index (χ4v) is 6.02. The largest absolute Gasteiger partial charge is 0.385 e. The molecule has 2 aromatic carbocycles. The molecule has 5 nitrogen and oxygen atoms in total. The second-order valence-corrected chi connectivity index (χ2v) is 9.20. The fourth-order valence-electron chi connectivity index (χ4n) is 6.02. The number of para-hydroxylation sites is 1. The van der Waals surface area contributed by atoms with E-state index in [0.29, 0.717) is 25.9 Å². The van der Waals surface area contributed by atoms with Crippen molar-refractivity contribution in [1.29, 1.82) is 0 Å². The molecule has 2 heterocycles. The van der Waals surface area contributed by atoms with Gasteiger partial charge in [0, 0.05) is 30.7 Å². The number of anilines is 1. The summed E-state index contributed by atoms with van der Waals surface area (Å²) in [5.74, 6) is -0.725. The minimum atomic E-state index is -0.904. The zero-order valence-electron chi connectivity index (χ0n) is 17.8. The van der Waals surface area contributed by atoms with Gasteiger partial charge in [-0.2, -0.15) is 0 Å². The maximum absolute atomic E-state index is 13.6. The zero-order chi connectivity index (χ0) is 21.4. The predicted octanol–water partition coefficient (Wildman–Crippen LogP) is 3.72. The van der Waals surface area contributed by atoms with Gasteiger partial charge in [0.25, 0.3) is 0 Å². The van der Waals surface area contributed by atoms with Crippen molar-refractivity contribution in [2.45, 2.75) is 50.2 Å². The molecule has 2 aliphatic heterocycles. The van der Waals surface area contributed by atoms with E-state index in [0.717, 1.165) is 36.9 Å². The number of benzene rings is 2. The first-order valence-electron chi connectivity index (χ1n) is 11.5. The van der Waals surface area contributed by atoms with E-state index in [1.165, 1.54) is 0 Å². The molecule has 0 aromatic heterocycles. The molecular weight excluding hydrogens is 388 g/mol. The van der Waals surface area contributed by atoms with Gasteiger partial charge in [0.15, 0.2) is 0 Å². The highest BCUT2D eigenvalue weighted by Crippen LogP contribution is 2.47. The first-order valence-corrected chi connectivity index (χ1v) is 11.5. The molecule has 1 N–H and O–H groups in total. The number of likely N-dealkylation sites (tertiary alicyclic amines) is 1. The molecule has 2 amide bonds. The van der Waals surface area contributed by atoms with Crippen molar-refractivity contribution in [3.8, 4) is 0 Å². The SMILES string of the molecule is O=C1C(C(=O)N2CCC(O)(c3ccccc3)[C@H]3CCCC[C@H]32)CCN1c1ccccc1. The van der Waals surface area contributed by atoms with Crippen LogP contribution >= 0.6 is 0 Å². The van der Waals surface area contributed by atoms with Crippen LogP contribution in [0.5, 0.6) is 0 Å². The molecule has 5 heteroatoms. The maximum atomic E-state index is 13.6. The Kier molecular flexibility index (Phi) is 5.30. The number of aliphatic hydroxyl groups is 1. The highest BCUT2D eigenvalue weighted by Gasteiger charge is 2.52. The second-order valence-electron chi connectivity index (χ2n) is 9.20. The van der Waals surface area contributed by atoms with Crippen molar-refractivity contribution < 1.29 is 14.7 Å². The van der Waals surface area contributed by atoms with Gasteiger partial charge in [-0.05, 0) is 43.4 Å². The Balaban J connectivity index is 1.38. The molecule has 2 unspecified atom stereocenters. The van der Waals surface area contributed by atoms with E-state index in [1.807, 2.05) is 65.6 Å². The third kappa shape index (κ3) is 3.45. The highest BCUT2D eigenvalue weighted by atomic mass is 16.3. The molecule has 0 bridgehead atoms. The number of rotatable bonds is 3. The van der Waals surface area contributed by atoms with Crippen LogP contribution in [0.3, 0.4) is 0 Å². The third-order valence-electron chi connectivity index (χ3n) is 7.61. The van der Waals surface area contributed by atoms with Crippen LogP contribution in [0.25, 0.3) is 0 Å². The van der Waals surface area contributed by atoms with Gasteiger partial charge in [0.2, 0.25) is 11.8 Å². The summed E-state index contributed by atoms with van der Waals surface area (Å²) in [5, 5.41) is 11.7. The van der Waals surface area contributed by atoms with Crippen LogP contribution in [-0.4, -0.2) is 41.0 Å². The van der Waals surface area contributed by atoms with Crippen LogP contribution in [0.15, 0.2) is 60.7 Å². The lowest BCUT2D eigenvalue weighted by Crippen LogP contribution is -2.60. The Bertz CT molecular complexity index is 948. The van der Waals surface area contributed by atoms with Crippen LogP contribution in [0.1, 0.15) is 44.1 Å². The Labute approximate surface area is 183 Å². The van der Waals surface area contributed by atoms with Crippen LogP contribution in [0.2, 0.25) is 0 Å². The van der Waals surface area contributed by atoms with Crippen molar-refractivity contribution in [3.05, 3.63) is 66.2 Å². The summed E-state index contributed by atoms with van der Waals surface area (Å²) in [6.45, 7) is 1.08. The third-order valence-corrected chi connectivity index (χ3v) is 7.61. The molecule has 2 saturated heterocycles. The molecule has 162 valence electrons. The smallest absolute Gasteiger partial charge is 0.239 e. The summed E-state index contributed by atoms with van der Waals surface area (Å²) in [6.07, 6.45) is 5.02. The lowest BCUT2D eigenvalue weighted by Gasteiger charge is -2.53. The van der Waals surface area contributed by atoms with Gasteiger partial charge in [-0.15, -0.1) is 0 Å². The van der Waals surface area contributed by atoms with Crippen LogP contribution in [-0.2, 0) is 15.2 Å². The molecule has 1 saturated carbocycles. The zero-order valence-corrected chi connectivity index (χ0v) is 17.8. The Morgan fingerprint density at radius 3 is 2.32 bits per heavy atom. The van der Waals surface area contributed by atoms with Crippen LogP contribution < -0.4 is 4.90 Å². The normalized spacial score (nSPS) is 30.9. The Morgan fingerprint density at radius 1 is 0.903 bits per heavy atom. The summed E-state index contributed by atoms with van der Waals surface area (Å²) in [6, 6.07) is 19.5. The summed E-state index contributed by atoms with van der Waals surface area (Å²) in [7, 11) is 0. The number of nitrogens with zero attached hydrogens (tertiary/aromatic N) is 2. The van der Waals surface area contributed by atoms with Crippen LogP contribution in [0.4, 0.5) is 5.69 Å². The Morgan fingerprint density at radius 2 is 1.58 bits per heavy atom. The van der Waals surface area contributed by atoms with E-state index < -0.39 is 11.5 Å². The summed E-state index contributed by atoms with van der Waals surface area (Å²) in [5.41, 5.74) is 0.903. The predicted molar refractivity (Wildman–Crippen MR) is 119 cm³/mol. The van der Waals surface area contributed by atoms with Gasteiger partial charge in [0.1, 0.15) is 5.92 Å². The number of fused-ring (bicyclic) bond motifs is 1. The second kappa shape index (κ2) is 8.12. The van der Waals surface area contributed by atoms with Gasteiger partial charge in [-0.25, -0.2) is 0 Å². The van der Waals surface area contributed by atoms with E-state index >= 15 is 0 Å². The molecule has 3 fully saturated rings. The van der Waals surface area contributed by atoms with E-state index in [9.17, 15) is 14.7 Å². The monoisotopic (exact) mass is 418 g/mol. The van der Waals surface area contributed by atoms with Crippen molar-refractivity contribution in [2.75, 3.05) is 18.0 Å². The molecule has 0 radical (unpaired) electrons. The Hall–Kier alpha value is -2.66. The van der Waals surface area contributed by atoms with Gasteiger partial charge in [-0.3, -0.25) is 9.59 Å². The van der Waals surface area contributed by atoms with Crippen molar-refractivity contribution in [1.82, 2.24) is 4.90 Å². The average Bonchev–Trinajstić information content (AvgIpc) is 3.21. The minimum absolute atomic E-state index is 0.00113. The van der Waals surface area contributed by atoms with Gasteiger partial charge in [0.05, 0.1) is 5.60 Å². The summed E-state index contributed by atoms with van der Waals surface area (Å²) in [4.78, 5) is 30.4. The molecule has 31 heavy (non-hydrogen) atoms. The highest BCUT2D eigenvalue weighted by molar-refractivity contribution is 6.09. The van der Waals surface area contributed by atoms with Crippen LogP contribution in [0, 0.1) is 11.8 Å².